The Bertz CT molecular complexity index is 1560. The fourth-order valence-corrected chi connectivity index (χ4v) is 8.75. The molecule has 4 fully saturated rings. The van der Waals surface area contributed by atoms with Crippen molar-refractivity contribution in [2.24, 2.45) is 10.8 Å². The van der Waals surface area contributed by atoms with Gasteiger partial charge in [0.25, 0.3) is 11.8 Å². The number of halogens is 4. The number of carbonyl (C=O) groups excluding carboxylic acids is 4. The third-order valence-corrected chi connectivity index (χ3v) is 11.6. The van der Waals surface area contributed by atoms with Crippen LogP contribution >= 0.6 is 46.4 Å². The van der Waals surface area contributed by atoms with E-state index >= 15 is 0 Å². The van der Waals surface area contributed by atoms with Crippen LogP contribution in [0.25, 0.3) is 0 Å². The molecule has 2 saturated carbocycles. The molecule has 296 valence electrons. The predicted molar refractivity (Wildman–Crippen MR) is 217 cm³/mol. The van der Waals surface area contributed by atoms with Gasteiger partial charge in [0.2, 0.25) is 11.8 Å². The number of carbonyl (C=O) groups is 4. The minimum atomic E-state index is -0.205. The molecule has 4 N–H and O–H groups in total. The normalized spacial score (nSPS) is 21.7. The first-order valence-corrected chi connectivity index (χ1v) is 20.2. The summed E-state index contributed by atoms with van der Waals surface area (Å²) in [6.45, 7) is 16.3. The Kier molecular flexibility index (Phi) is 13.3. The summed E-state index contributed by atoms with van der Waals surface area (Å²) in [5, 5.41) is 14.1. The maximum atomic E-state index is 12.5. The Labute approximate surface area is 339 Å². The van der Waals surface area contributed by atoms with Gasteiger partial charge in [-0.2, -0.15) is 0 Å². The topological polar surface area (TPSA) is 123 Å². The Hall–Kier alpha value is -2.60. The van der Waals surface area contributed by atoms with Crippen LogP contribution in [0.1, 0.15) is 101 Å². The van der Waals surface area contributed by atoms with Gasteiger partial charge in [0.15, 0.2) is 0 Å². The zero-order valence-corrected chi connectivity index (χ0v) is 35.2. The van der Waals surface area contributed by atoms with Crippen LogP contribution in [0.4, 0.5) is 0 Å². The van der Waals surface area contributed by atoms with Crippen LogP contribution in [0.3, 0.4) is 0 Å². The van der Waals surface area contributed by atoms with Crippen molar-refractivity contribution in [2.45, 2.75) is 103 Å². The highest BCUT2D eigenvalue weighted by molar-refractivity contribution is 6.35. The smallest absolute Gasteiger partial charge is 0.251 e. The summed E-state index contributed by atoms with van der Waals surface area (Å²) in [4.78, 5) is 53.5. The average molecular weight is 825 g/mol. The van der Waals surface area contributed by atoms with E-state index in [1.54, 1.807) is 36.4 Å². The maximum Gasteiger partial charge on any atom is 0.251 e. The van der Waals surface area contributed by atoms with Crippen LogP contribution in [-0.2, 0) is 9.59 Å². The molecule has 2 aliphatic heterocycles. The highest BCUT2D eigenvalue weighted by Gasteiger charge is 2.56. The van der Waals surface area contributed by atoms with Crippen molar-refractivity contribution in [3.63, 3.8) is 0 Å². The number of hydrogen-bond acceptors (Lipinski definition) is 6. The quantitative estimate of drug-likeness (QED) is 0.228. The summed E-state index contributed by atoms with van der Waals surface area (Å²) in [5.74, 6) is -0.129. The monoisotopic (exact) mass is 822 g/mol. The van der Waals surface area contributed by atoms with Gasteiger partial charge in [-0.15, -0.1) is 0 Å². The maximum absolute atomic E-state index is 12.5. The number of nitrogens with zero attached hydrogens (tertiary/aromatic N) is 2. The number of rotatable bonds is 8. The lowest BCUT2D eigenvalue weighted by molar-refractivity contribution is -0.125. The molecule has 0 aromatic heterocycles. The van der Waals surface area contributed by atoms with Gasteiger partial charge in [0.1, 0.15) is 0 Å². The summed E-state index contributed by atoms with van der Waals surface area (Å²) >= 11 is 23.9. The van der Waals surface area contributed by atoms with Crippen molar-refractivity contribution in [1.82, 2.24) is 31.1 Å². The predicted octanol–water partition coefficient (Wildman–Crippen LogP) is 6.98. The molecule has 0 unspecified atom stereocenters. The molecule has 10 nitrogen and oxygen atoms in total. The van der Waals surface area contributed by atoms with E-state index in [1.165, 1.54) is 0 Å². The fourth-order valence-electron chi connectivity index (χ4n) is 7.70. The molecule has 0 bridgehead atoms. The van der Waals surface area contributed by atoms with Crippen LogP contribution < -0.4 is 21.3 Å². The van der Waals surface area contributed by atoms with Crippen molar-refractivity contribution in [3.05, 3.63) is 67.6 Å². The molecule has 6 rings (SSSR count). The molecule has 2 spiro atoms. The number of likely N-dealkylation sites (tertiary alicyclic amines) is 2. The summed E-state index contributed by atoms with van der Waals surface area (Å²) in [5.41, 5.74) is 0.924. The second-order valence-corrected chi connectivity index (χ2v) is 19.4. The molecular formula is C40H54Cl4N6O4. The SMILES string of the molecule is CC(C)(C)NC(=O)CN1CCC2(CC1)C[C@@H]2NC(=O)c1cc(Cl)cc(Cl)c1.CC(C)(C)NC(=O)CN1CCC2(CC1)C[C@H]2NC(=O)c1cc(Cl)cc(Cl)c1. The minimum Gasteiger partial charge on any atom is -0.350 e. The first-order valence-electron chi connectivity index (χ1n) is 18.7. The van der Waals surface area contributed by atoms with Crippen LogP contribution in [0, 0.1) is 10.8 Å². The van der Waals surface area contributed by atoms with Crippen LogP contribution in [0.2, 0.25) is 20.1 Å². The second-order valence-electron chi connectivity index (χ2n) is 17.6. The third-order valence-electron chi connectivity index (χ3n) is 10.7. The standard InChI is InChI=1S/2C20H27Cl2N3O2/c2*1-19(2,3)24-17(26)12-25-6-4-20(5-7-25)11-16(20)23-18(27)13-8-14(21)10-15(22)9-13/h2*8-10,16H,4-7,11-12H2,1-3H3,(H,23,27)(H,24,26)/t2*16-/m10/s1. The van der Waals surface area contributed by atoms with Crippen molar-refractivity contribution in [3.8, 4) is 0 Å². The van der Waals surface area contributed by atoms with E-state index in [4.69, 9.17) is 46.4 Å². The molecule has 14 heteroatoms. The Morgan fingerprint density at radius 2 is 0.870 bits per heavy atom. The third kappa shape index (κ3) is 12.2. The first kappa shape index (κ1) is 42.5. The van der Waals surface area contributed by atoms with Crippen LogP contribution in [-0.4, -0.2) is 95.9 Å². The molecule has 4 aliphatic rings. The zero-order valence-electron chi connectivity index (χ0n) is 32.1. The zero-order chi connectivity index (χ0) is 39.6. The number of hydrogen-bond donors (Lipinski definition) is 4. The molecular weight excluding hydrogens is 770 g/mol. The van der Waals surface area contributed by atoms with Gasteiger partial charge < -0.3 is 21.3 Å². The second kappa shape index (κ2) is 16.9. The lowest BCUT2D eigenvalue weighted by Crippen LogP contribution is -2.48. The van der Waals surface area contributed by atoms with E-state index in [1.807, 2.05) is 41.5 Å². The summed E-state index contributed by atoms with van der Waals surface area (Å²) in [6, 6.07) is 10.1. The van der Waals surface area contributed by atoms with Crippen molar-refractivity contribution < 1.29 is 19.2 Å². The van der Waals surface area contributed by atoms with Gasteiger partial charge in [0, 0.05) is 54.4 Å². The van der Waals surface area contributed by atoms with Crippen LogP contribution in [0.15, 0.2) is 36.4 Å². The molecule has 2 heterocycles. The number of benzene rings is 2. The van der Waals surface area contributed by atoms with Crippen molar-refractivity contribution >= 4 is 70.0 Å². The highest BCUT2D eigenvalue weighted by atomic mass is 35.5. The summed E-state index contributed by atoms with van der Waals surface area (Å²) in [7, 11) is 0. The largest absolute Gasteiger partial charge is 0.350 e. The summed E-state index contributed by atoms with van der Waals surface area (Å²) < 4.78 is 0. The molecule has 2 aliphatic carbocycles. The van der Waals surface area contributed by atoms with E-state index in [-0.39, 0.29) is 57.6 Å². The van der Waals surface area contributed by atoms with Gasteiger partial charge in [0.05, 0.1) is 13.1 Å². The molecule has 0 radical (unpaired) electrons. The number of nitrogens with one attached hydrogen (secondary N) is 4. The molecule has 4 amide bonds. The molecule has 2 aromatic rings. The molecule has 2 atom stereocenters. The van der Waals surface area contributed by atoms with E-state index < -0.39 is 0 Å². The number of piperidine rings is 2. The first-order chi connectivity index (χ1) is 25.1. The van der Waals surface area contributed by atoms with Gasteiger partial charge in [-0.05, 0) is 153 Å². The Morgan fingerprint density at radius 3 is 1.15 bits per heavy atom. The van der Waals surface area contributed by atoms with Gasteiger partial charge >= 0.3 is 0 Å². The van der Waals surface area contributed by atoms with Crippen LogP contribution in [0.5, 0.6) is 0 Å². The Morgan fingerprint density at radius 1 is 0.574 bits per heavy atom. The molecule has 2 saturated heterocycles. The summed E-state index contributed by atoms with van der Waals surface area (Å²) in [6.07, 6.45) is 5.98. The van der Waals surface area contributed by atoms with E-state index in [0.29, 0.717) is 44.3 Å². The van der Waals surface area contributed by atoms with E-state index in [9.17, 15) is 19.2 Å². The molecule has 2 aromatic carbocycles. The van der Waals surface area contributed by atoms with E-state index in [2.05, 4.69) is 31.1 Å². The number of amides is 4. The van der Waals surface area contributed by atoms with Crippen molar-refractivity contribution in [1.29, 1.82) is 0 Å². The van der Waals surface area contributed by atoms with Gasteiger partial charge in [-0.25, -0.2) is 0 Å². The lowest BCUT2D eigenvalue weighted by Gasteiger charge is -2.33. The van der Waals surface area contributed by atoms with Crippen molar-refractivity contribution in [2.75, 3.05) is 39.3 Å². The lowest BCUT2D eigenvalue weighted by atomic mass is 9.92. The van der Waals surface area contributed by atoms with Gasteiger partial charge in [-0.3, -0.25) is 29.0 Å². The highest BCUT2D eigenvalue weighted by Crippen LogP contribution is 2.54. The Balaban J connectivity index is 0.000000208. The fraction of sp³-hybridized carbons (Fsp3) is 0.600. The molecule has 54 heavy (non-hydrogen) atoms. The van der Waals surface area contributed by atoms with E-state index in [0.717, 1.165) is 64.7 Å². The van der Waals surface area contributed by atoms with Gasteiger partial charge in [-0.1, -0.05) is 46.4 Å². The minimum absolute atomic E-state index is 0.0666. The average Bonchev–Trinajstić information content (AvgIpc) is 3.91.